The quantitative estimate of drug-likeness (QED) is 0.460. The molecule has 0 saturated carbocycles. The SMILES string of the molecule is CCOC(=O)/C(=C/c1ccc(OC)cc1)Oc1ccc(C)cc1. The lowest BCUT2D eigenvalue weighted by Crippen LogP contribution is -2.12. The van der Waals surface area contributed by atoms with E-state index in [1.54, 1.807) is 20.1 Å². The van der Waals surface area contributed by atoms with Gasteiger partial charge in [-0.1, -0.05) is 29.8 Å². The zero-order valence-electron chi connectivity index (χ0n) is 13.5. The molecule has 0 aliphatic carbocycles. The van der Waals surface area contributed by atoms with Gasteiger partial charge in [0.1, 0.15) is 11.5 Å². The van der Waals surface area contributed by atoms with Gasteiger partial charge in [-0.15, -0.1) is 0 Å². The van der Waals surface area contributed by atoms with Gasteiger partial charge in [0.05, 0.1) is 13.7 Å². The van der Waals surface area contributed by atoms with E-state index in [0.717, 1.165) is 16.9 Å². The Kier molecular flexibility index (Phi) is 5.80. The van der Waals surface area contributed by atoms with Crippen LogP contribution in [0.2, 0.25) is 0 Å². The highest BCUT2D eigenvalue weighted by Crippen LogP contribution is 2.19. The first-order chi connectivity index (χ1) is 11.1. The molecule has 0 aliphatic rings. The molecule has 4 heteroatoms. The van der Waals surface area contributed by atoms with Gasteiger partial charge in [0.25, 0.3) is 0 Å². The molecule has 0 spiro atoms. The molecular weight excluding hydrogens is 292 g/mol. The maximum atomic E-state index is 12.1. The van der Waals surface area contributed by atoms with E-state index in [9.17, 15) is 4.79 Å². The third-order valence-electron chi connectivity index (χ3n) is 3.14. The van der Waals surface area contributed by atoms with Crippen molar-refractivity contribution in [2.45, 2.75) is 13.8 Å². The number of esters is 1. The molecule has 0 unspecified atom stereocenters. The first-order valence-electron chi connectivity index (χ1n) is 7.39. The molecule has 0 aliphatic heterocycles. The summed E-state index contributed by atoms with van der Waals surface area (Å²) in [5, 5.41) is 0. The van der Waals surface area contributed by atoms with Gasteiger partial charge in [-0.2, -0.15) is 0 Å². The Morgan fingerprint density at radius 2 is 1.61 bits per heavy atom. The monoisotopic (exact) mass is 312 g/mol. The molecule has 2 rings (SSSR count). The molecular formula is C19H20O4. The van der Waals surface area contributed by atoms with Gasteiger partial charge in [0.15, 0.2) is 0 Å². The third-order valence-corrected chi connectivity index (χ3v) is 3.14. The molecule has 4 nitrogen and oxygen atoms in total. The van der Waals surface area contributed by atoms with Gasteiger partial charge in [0, 0.05) is 0 Å². The highest BCUT2D eigenvalue weighted by atomic mass is 16.6. The lowest BCUT2D eigenvalue weighted by Gasteiger charge is -2.10. The van der Waals surface area contributed by atoms with E-state index < -0.39 is 5.97 Å². The summed E-state index contributed by atoms with van der Waals surface area (Å²) < 4.78 is 15.9. The molecule has 23 heavy (non-hydrogen) atoms. The van der Waals surface area contributed by atoms with Crippen LogP contribution in [0.15, 0.2) is 54.3 Å². The van der Waals surface area contributed by atoms with Crippen molar-refractivity contribution >= 4 is 12.0 Å². The van der Waals surface area contributed by atoms with Crippen molar-refractivity contribution in [1.82, 2.24) is 0 Å². The van der Waals surface area contributed by atoms with Crippen LogP contribution in [0.25, 0.3) is 6.08 Å². The minimum absolute atomic E-state index is 0.140. The summed E-state index contributed by atoms with van der Waals surface area (Å²) in [6.07, 6.45) is 1.65. The first kappa shape index (κ1) is 16.6. The van der Waals surface area contributed by atoms with Gasteiger partial charge in [-0.3, -0.25) is 0 Å². The third kappa shape index (κ3) is 4.88. The second-order valence-electron chi connectivity index (χ2n) is 4.92. The van der Waals surface area contributed by atoms with Crippen molar-refractivity contribution in [3.8, 4) is 11.5 Å². The molecule has 0 atom stereocenters. The Labute approximate surface area is 136 Å². The summed E-state index contributed by atoms with van der Waals surface area (Å²) in [5.74, 6) is 0.979. The predicted octanol–water partition coefficient (Wildman–Crippen LogP) is 3.99. The van der Waals surface area contributed by atoms with Gasteiger partial charge < -0.3 is 14.2 Å². The van der Waals surface area contributed by atoms with Crippen LogP contribution in [-0.2, 0) is 9.53 Å². The van der Waals surface area contributed by atoms with Crippen LogP contribution in [-0.4, -0.2) is 19.7 Å². The largest absolute Gasteiger partial charge is 0.497 e. The van der Waals surface area contributed by atoms with E-state index in [1.807, 2.05) is 55.5 Å². The van der Waals surface area contributed by atoms with Crippen LogP contribution in [0.1, 0.15) is 18.1 Å². The van der Waals surface area contributed by atoms with Crippen molar-refractivity contribution in [3.63, 3.8) is 0 Å². The predicted molar refractivity (Wildman–Crippen MR) is 89.4 cm³/mol. The molecule has 0 aromatic heterocycles. The standard InChI is InChI=1S/C19H20O4/c1-4-22-19(20)18(23-17-9-5-14(2)6-10-17)13-15-7-11-16(21-3)12-8-15/h5-13H,4H2,1-3H3/b18-13-. The summed E-state index contributed by atoms with van der Waals surface area (Å²) in [4.78, 5) is 12.1. The topological polar surface area (TPSA) is 44.8 Å². The number of rotatable bonds is 6. The van der Waals surface area contributed by atoms with Crippen LogP contribution in [0.3, 0.4) is 0 Å². The Morgan fingerprint density at radius 3 is 2.17 bits per heavy atom. The molecule has 0 heterocycles. The lowest BCUT2D eigenvalue weighted by molar-refractivity contribution is -0.140. The van der Waals surface area contributed by atoms with Crippen molar-refractivity contribution in [2.24, 2.45) is 0 Å². The van der Waals surface area contributed by atoms with Crippen molar-refractivity contribution in [2.75, 3.05) is 13.7 Å². The number of hydrogen-bond donors (Lipinski definition) is 0. The summed E-state index contributed by atoms with van der Waals surface area (Å²) in [6, 6.07) is 14.8. The number of ether oxygens (including phenoxy) is 3. The summed E-state index contributed by atoms with van der Waals surface area (Å²) in [6.45, 7) is 4.04. The number of methoxy groups -OCH3 is 1. The zero-order chi connectivity index (χ0) is 16.7. The Bertz CT molecular complexity index is 670. The fourth-order valence-electron chi connectivity index (χ4n) is 1.92. The van der Waals surface area contributed by atoms with Crippen molar-refractivity contribution in [1.29, 1.82) is 0 Å². The van der Waals surface area contributed by atoms with Gasteiger partial charge in [-0.25, -0.2) is 4.79 Å². The smallest absolute Gasteiger partial charge is 0.374 e. The highest BCUT2D eigenvalue weighted by Gasteiger charge is 2.13. The number of benzene rings is 2. The number of hydrogen-bond acceptors (Lipinski definition) is 4. The number of aryl methyl sites for hydroxylation is 1. The molecule has 0 saturated heterocycles. The maximum absolute atomic E-state index is 12.1. The highest BCUT2D eigenvalue weighted by molar-refractivity contribution is 5.92. The van der Waals surface area contributed by atoms with Crippen LogP contribution in [0.4, 0.5) is 0 Å². The second kappa shape index (κ2) is 8.03. The zero-order valence-corrected chi connectivity index (χ0v) is 13.5. The van der Waals surface area contributed by atoms with Crippen molar-refractivity contribution < 1.29 is 19.0 Å². The Balaban J connectivity index is 2.26. The molecule has 0 radical (unpaired) electrons. The maximum Gasteiger partial charge on any atom is 0.374 e. The fraction of sp³-hybridized carbons (Fsp3) is 0.211. The van der Waals surface area contributed by atoms with E-state index >= 15 is 0 Å². The van der Waals surface area contributed by atoms with E-state index in [0.29, 0.717) is 5.75 Å². The van der Waals surface area contributed by atoms with Gasteiger partial charge in [-0.05, 0) is 49.8 Å². The first-order valence-corrected chi connectivity index (χ1v) is 7.39. The molecule has 0 bridgehead atoms. The lowest BCUT2D eigenvalue weighted by atomic mass is 10.2. The minimum atomic E-state index is -0.496. The van der Waals surface area contributed by atoms with E-state index in [1.165, 1.54) is 0 Å². The second-order valence-corrected chi connectivity index (χ2v) is 4.92. The normalized spacial score (nSPS) is 11.0. The Morgan fingerprint density at radius 1 is 1.00 bits per heavy atom. The van der Waals surface area contributed by atoms with Crippen LogP contribution >= 0.6 is 0 Å². The number of carbonyl (C=O) groups is 1. The minimum Gasteiger partial charge on any atom is -0.497 e. The Hall–Kier alpha value is -2.75. The van der Waals surface area contributed by atoms with Crippen LogP contribution in [0.5, 0.6) is 11.5 Å². The van der Waals surface area contributed by atoms with Crippen molar-refractivity contribution in [3.05, 3.63) is 65.4 Å². The van der Waals surface area contributed by atoms with E-state index in [2.05, 4.69) is 0 Å². The fourth-order valence-corrected chi connectivity index (χ4v) is 1.92. The molecule has 0 amide bonds. The molecule has 2 aromatic carbocycles. The average Bonchev–Trinajstić information content (AvgIpc) is 2.57. The van der Waals surface area contributed by atoms with E-state index in [4.69, 9.17) is 14.2 Å². The average molecular weight is 312 g/mol. The van der Waals surface area contributed by atoms with Crippen LogP contribution < -0.4 is 9.47 Å². The summed E-state index contributed by atoms with van der Waals surface area (Å²) in [7, 11) is 1.61. The molecule has 120 valence electrons. The van der Waals surface area contributed by atoms with Gasteiger partial charge in [0.2, 0.25) is 5.76 Å². The van der Waals surface area contributed by atoms with Crippen LogP contribution in [0, 0.1) is 6.92 Å². The molecule has 0 N–H and O–H groups in total. The van der Waals surface area contributed by atoms with Gasteiger partial charge >= 0.3 is 5.97 Å². The summed E-state index contributed by atoms with van der Waals surface area (Å²) in [5.41, 5.74) is 1.94. The molecule has 2 aromatic rings. The summed E-state index contributed by atoms with van der Waals surface area (Å²) >= 11 is 0. The van der Waals surface area contributed by atoms with E-state index in [-0.39, 0.29) is 12.4 Å². The number of carbonyl (C=O) groups excluding carboxylic acids is 1. The molecule has 0 fully saturated rings.